The van der Waals surface area contributed by atoms with Crippen LogP contribution in [-0.4, -0.2) is 63.2 Å². The number of benzene rings is 1. The van der Waals surface area contributed by atoms with Crippen molar-refractivity contribution in [2.45, 2.75) is 32.1 Å². The van der Waals surface area contributed by atoms with Gasteiger partial charge >= 0.3 is 0 Å². The van der Waals surface area contributed by atoms with Gasteiger partial charge in [-0.2, -0.15) is 0 Å². The van der Waals surface area contributed by atoms with Gasteiger partial charge in [0.15, 0.2) is 5.82 Å². The number of hydrogen-bond acceptors (Lipinski definition) is 9. The number of ether oxygens (including phenoxy) is 2. The average Bonchev–Trinajstić information content (AvgIpc) is 3.45. The minimum absolute atomic E-state index is 0.119. The SMILES string of the molecule is CC1(C(=O)Nc2ccncc2)COC(c2nc(-c3ccc(F)cc3)c(-c3ccnc(NC4CCNCC4)n3)[nH]2)OC1. The van der Waals surface area contributed by atoms with Crippen LogP contribution in [0.5, 0.6) is 0 Å². The number of imidazole rings is 1. The first-order valence-corrected chi connectivity index (χ1v) is 13.6. The van der Waals surface area contributed by atoms with Crippen LogP contribution in [0.1, 0.15) is 31.9 Å². The average molecular weight is 559 g/mol. The second-order valence-electron chi connectivity index (χ2n) is 10.5. The van der Waals surface area contributed by atoms with Crippen LogP contribution >= 0.6 is 0 Å². The van der Waals surface area contributed by atoms with Gasteiger partial charge in [-0.1, -0.05) is 0 Å². The van der Waals surface area contributed by atoms with Gasteiger partial charge in [-0.3, -0.25) is 9.78 Å². The zero-order valence-corrected chi connectivity index (χ0v) is 22.6. The van der Waals surface area contributed by atoms with Gasteiger partial charge in [0, 0.05) is 35.9 Å². The molecule has 1 aromatic carbocycles. The lowest BCUT2D eigenvalue weighted by Crippen LogP contribution is -2.45. The Morgan fingerprint density at radius 2 is 1.73 bits per heavy atom. The molecule has 0 atom stereocenters. The number of carbonyl (C=O) groups is 1. The largest absolute Gasteiger partial charge is 0.351 e. The number of amides is 1. The summed E-state index contributed by atoms with van der Waals surface area (Å²) in [5, 5.41) is 9.67. The van der Waals surface area contributed by atoms with E-state index in [1.165, 1.54) is 12.1 Å². The number of hydrogen-bond donors (Lipinski definition) is 4. The van der Waals surface area contributed by atoms with Crippen LogP contribution in [0.15, 0.2) is 61.1 Å². The van der Waals surface area contributed by atoms with Gasteiger partial charge in [-0.15, -0.1) is 0 Å². The predicted octanol–water partition coefficient (Wildman–Crippen LogP) is 3.92. The van der Waals surface area contributed by atoms with Crippen molar-refractivity contribution in [3.05, 3.63) is 72.7 Å². The predicted molar refractivity (Wildman–Crippen MR) is 150 cm³/mol. The lowest BCUT2D eigenvalue weighted by Gasteiger charge is -2.35. The van der Waals surface area contributed by atoms with Crippen LogP contribution in [0.4, 0.5) is 16.0 Å². The topological polar surface area (TPSA) is 139 Å². The second-order valence-corrected chi connectivity index (χ2v) is 10.5. The maximum absolute atomic E-state index is 13.7. The minimum atomic E-state index is -0.906. The van der Waals surface area contributed by atoms with Crippen molar-refractivity contribution in [1.82, 2.24) is 30.2 Å². The smallest absolute Gasteiger partial charge is 0.235 e. The quantitative estimate of drug-likeness (QED) is 0.266. The van der Waals surface area contributed by atoms with E-state index >= 15 is 0 Å². The lowest BCUT2D eigenvalue weighted by molar-refractivity contribution is -0.229. The molecule has 2 aliphatic heterocycles. The molecule has 0 saturated carbocycles. The van der Waals surface area contributed by atoms with Crippen molar-refractivity contribution >= 4 is 17.5 Å². The summed E-state index contributed by atoms with van der Waals surface area (Å²) in [4.78, 5) is 34.2. The molecule has 6 rings (SSSR count). The Morgan fingerprint density at radius 1 is 1.00 bits per heavy atom. The summed E-state index contributed by atoms with van der Waals surface area (Å²) in [5.74, 6) is 0.382. The summed E-state index contributed by atoms with van der Waals surface area (Å²) in [5.41, 5.74) is 2.25. The van der Waals surface area contributed by atoms with Crippen molar-refractivity contribution in [1.29, 1.82) is 0 Å². The van der Waals surface area contributed by atoms with Crippen LogP contribution in [0.3, 0.4) is 0 Å². The molecule has 41 heavy (non-hydrogen) atoms. The van der Waals surface area contributed by atoms with Gasteiger partial charge in [-0.05, 0) is 75.3 Å². The third-order valence-electron chi connectivity index (χ3n) is 7.24. The molecule has 2 aliphatic rings. The van der Waals surface area contributed by atoms with E-state index in [9.17, 15) is 9.18 Å². The summed E-state index contributed by atoms with van der Waals surface area (Å²) < 4.78 is 25.8. The van der Waals surface area contributed by atoms with Crippen molar-refractivity contribution in [2.75, 3.05) is 36.9 Å². The molecule has 11 nitrogen and oxygen atoms in total. The van der Waals surface area contributed by atoms with Crippen LogP contribution in [0.25, 0.3) is 22.6 Å². The Bertz CT molecular complexity index is 1480. The number of carbonyl (C=O) groups excluding carboxylic acids is 1. The van der Waals surface area contributed by atoms with Gasteiger partial charge in [0.2, 0.25) is 18.1 Å². The first-order valence-electron chi connectivity index (χ1n) is 13.6. The van der Waals surface area contributed by atoms with Crippen LogP contribution in [-0.2, 0) is 14.3 Å². The van der Waals surface area contributed by atoms with Crippen LogP contribution in [0.2, 0.25) is 0 Å². The zero-order chi connectivity index (χ0) is 28.2. The number of aromatic amines is 1. The lowest BCUT2D eigenvalue weighted by atomic mass is 9.91. The first-order chi connectivity index (χ1) is 20.0. The molecule has 0 aliphatic carbocycles. The molecule has 2 saturated heterocycles. The Kier molecular flexibility index (Phi) is 7.68. The number of H-pyrrole nitrogens is 1. The Hall–Kier alpha value is -4.26. The minimum Gasteiger partial charge on any atom is -0.351 e. The van der Waals surface area contributed by atoms with Gasteiger partial charge in [-0.25, -0.2) is 19.3 Å². The standard InChI is InChI=1S/C29H31FN8O3/c1-29(27(39)34-20-6-11-31-12-7-20)16-40-26(41-17-29)25-37-23(18-2-4-19(30)5-3-18)24(38-25)22-10-15-33-28(36-22)35-21-8-13-32-14-9-21/h2-7,10-12,15,21,26,32H,8-9,13-14,16-17H2,1H3,(H,37,38)(H,31,34,39)(H,33,35,36). The van der Waals surface area contributed by atoms with Gasteiger partial charge in [0.25, 0.3) is 0 Å². The number of pyridine rings is 1. The second kappa shape index (κ2) is 11.7. The normalized spacial score (nSPS) is 21.4. The molecule has 4 N–H and O–H groups in total. The highest BCUT2D eigenvalue weighted by atomic mass is 19.1. The highest BCUT2D eigenvalue weighted by molar-refractivity contribution is 5.95. The molecule has 212 valence electrons. The van der Waals surface area contributed by atoms with Crippen molar-refractivity contribution in [2.24, 2.45) is 5.41 Å². The van der Waals surface area contributed by atoms with Crippen molar-refractivity contribution in [3.8, 4) is 22.6 Å². The van der Waals surface area contributed by atoms with E-state index in [-0.39, 0.29) is 31.0 Å². The number of nitrogens with zero attached hydrogens (tertiary/aromatic N) is 4. The van der Waals surface area contributed by atoms with E-state index in [4.69, 9.17) is 19.4 Å². The van der Waals surface area contributed by atoms with Crippen molar-refractivity contribution < 1.29 is 18.7 Å². The van der Waals surface area contributed by atoms with Crippen LogP contribution in [0, 0.1) is 11.2 Å². The molecule has 4 aromatic rings. The molecule has 5 heterocycles. The fourth-order valence-corrected chi connectivity index (χ4v) is 4.84. The fraction of sp³-hybridized carbons (Fsp3) is 0.345. The number of aromatic nitrogens is 5. The number of piperidine rings is 1. The van der Waals surface area contributed by atoms with Crippen LogP contribution < -0.4 is 16.0 Å². The van der Waals surface area contributed by atoms with E-state index in [1.807, 2.05) is 0 Å². The van der Waals surface area contributed by atoms with Gasteiger partial charge in [0.05, 0.1) is 35.7 Å². The molecule has 0 radical (unpaired) electrons. The first kappa shape index (κ1) is 26.9. The van der Waals surface area contributed by atoms with E-state index < -0.39 is 11.7 Å². The highest BCUT2D eigenvalue weighted by Gasteiger charge is 2.41. The maximum atomic E-state index is 13.7. The summed E-state index contributed by atoms with van der Waals surface area (Å²) in [6.07, 6.45) is 6.05. The molecular weight excluding hydrogens is 527 g/mol. The summed E-state index contributed by atoms with van der Waals surface area (Å²) in [6.45, 7) is 3.92. The molecule has 3 aromatic heterocycles. The maximum Gasteiger partial charge on any atom is 0.235 e. The van der Waals surface area contributed by atoms with Crippen molar-refractivity contribution in [3.63, 3.8) is 0 Å². The number of nitrogens with one attached hydrogen (secondary N) is 4. The van der Waals surface area contributed by atoms with Gasteiger partial charge < -0.3 is 30.4 Å². The Morgan fingerprint density at radius 3 is 2.46 bits per heavy atom. The molecule has 0 spiro atoms. The number of anilines is 2. The molecule has 0 bridgehead atoms. The molecule has 12 heteroatoms. The Balaban J connectivity index is 1.24. The van der Waals surface area contributed by atoms with E-state index in [0.29, 0.717) is 40.1 Å². The molecular formula is C29H31FN8O3. The number of halogens is 1. The molecule has 1 amide bonds. The Labute approximate surface area is 236 Å². The third kappa shape index (κ3) is 6.09. The monoisotopic (exact) mass is 558 g/mol. The number of rotatable bonds is 7. The summed E-state index contributed by atoms with van der Waals surface area (Å²) in [7, 11) is 0. The third-order valence-corrected chi connectivity index (χ3v) is 7.24. The zero-order valence-electron chi connectivity index (χ0n) is 22.6. The summed E-state index contributed by atoms with van der Waals surface area (Å²) >= 11 is 0. The molecule has 2 fully saturated rings. The van der Waals surface area contributed by atoms with E-state index in [1.54, 1.807) is 55.8 Å². The highest BCUT2D eigenvalue weighted by Crippen LogP contribution is 2.36. The fourth-order valence-electron chi connectivity index (χ4n) is 4.84. The van der Waals surface area contributed by atoms with E-state index in [0.717, 1.165) is 25.9 Å². The molecule has 0 unspecified atom stereocenters. The summed E-state index contributed by atoms with van der Waals surface area (Å²) in [6, 6.07) is 11.6. The van der Waals surface area contributed by atoms with E-state index in [2.05, 4.69) is 30.9 Å². The van der Waals surface area contributed by atoms with Gasteiger partial charge in [0.1, 0.15) is 5.82 Å².